The number of nitrogens with zero attached hydrogens (tertiary/aromatic N) is 3. The van der Waals surface area contributed by atoms with Gasteiger partial charge in [0.05, 0.1) is 36.3 Å². The summed E-state index contributed by atoms with van der Waals surface area (Å²) in [7, 11) is 0. The number of benzene rings is 2. The molecule has 0 aliphatic heterocycles. The Bertz CT molecular complexity index is 1040. The Kier molecular flexibility index (Phi) is 9.39. The summed E-state index contributed by atoms with van der Waals surface area (Å²) in [5.41, 5.74) is 2.71. The molecule has 2 aromatic carbocycles. The summed E-state index contributed by atoms with van der Waals surface area (Å²) in [5, 5.41) is 15.4. The van der Waals surface area contributed by atoms with Gasteiger partial charge in [0.15, 0.2) is 0 Å². The van der Waals surface area contributed by atoms with Crippen LogP contribution in [-0.4, -0.2) is 51.7 Å². The van der Waals surface area contributed by atoms with Crippen molar-refractivity contribution in [2.45, 2.75) is 45.9 Å². The van der Waals surface area contributed by atoms with Gasteiger partial charge in [-0.2, -0.15) is 5.10 Å². The number of halogens is 1. The molecule has 3 rings (SSSR count). The summed E-state index contributed by atoms with van der Waals surface area (Å²) in [4.78, 5) is 2.17. The van der Waals surface area contributed by atoms with E-state index in [4.69, 9.17) is 14.6 Å². The van der Waals surface area contributed by atoms with Crippen molar-refractivity contribution >= 4 is 0 Å². The van der Waals surface area contributed by atoms with Crippen molar-refractivity contribution in [2.24, 2.45) is 0 Å². The Morgan fingerprint density at radius 2 is 1.85 bits per heavy atom. The van der Waals surface area contributed by atoms with Crippen LogP contribution < -0.4 is 4.74 Å². The van der Waals surface area contributed by atoms with Crippen LogP contribution in [0.15, 0.2) is 67.3 Å². The minimum atomic E-state index is -0.641. The molecule has 1 aromatic heterocycles. The van der Waals surface area contributed by atoms with E-state index in [-0.39, 0.29) is 18.5 Å². The number of ether oxygens (including phenoxy) is 2. The van der Waals surface area contributed by atoms with Crippen LogP contribution in [0.5, 0.6) is 11.6 Å². The van der Waals surface area contributed by atoms with Gasteiger partial charge in [-0.05, 0) is 56.7 Å². The molecule has 0 bridgehead atoms. The van der Waals surface area contributed by atoms with E-state index >= 15 is 0 Å². The van der Waals surface area contributed by atoms with Gasteiger partial charge in [0, 0.05) is 19.1 Å². The average molecular weight is 468 g/mol. The van der Waals surface area contributed by atoms with Crippen molar-refractivity contribution in [3.63, 3.8) is 0 Å². The fourth-order valence-electron chi connectivity index (χ4n) is 3.66. The summed E-state index contributed by atoms with van der Waals surface area (Å²) in [6, 6.07) is 15.9. The maximum Gasteiger partial charge on any atom is 0.227 e. The second kappa shape index (κ2) is 12.5. The molecular weight excluding hydrogens is 433 g/mol. The molecule has 0 spiro atoms. The number of para-hydroxylation sites is 1. The standard InChI is InChI=1S/C27H34FN3O3/c1-5-16-33-19-23(32)17-30(20(3)4)18-25-26(6-2)29-31(22-10-8-7-9-11-22)27(25)34-24-14-12-21(28)13-15-24/h5,7-15,20,23,32H,1,6,16-19H2,2-4H3/t23-/m1/s1. The van der Waals surface area contributed by atoms with Crippen LogP contribution in [0, 0.1) is 5.82 Å². The van der Waals surface area contributed by atoms with E-state index in [1.165, 1.54) is 12.1 Å². The zero-order valence-corrected chi connectivity index (χ0v) is 20.2. The van der Waals surface area contributed by atoms with Crippen molar-refractivity contribution in [1.82, 2.24) is 14.7 Å². The number of hydrogen-bond donors (Lipinski definition) is 1. The summed E-state index contributed by atoms with van der Waals surface area (Å²) >= 11 is 0. The quantitative estimate of drug-likeness (QED) is 0.279. The lowest BCUT2D eigenvalue weighted by Crippen LogP contribution is -2.39. The number of aromatic nitrogens is 2. The van der Waals surface area contributed by atoms with E-state index in [2.05, 4.69) is 32.3 Å². The van der Waals surface area contributed by atoms with Crippen molar-refractivity contribution in [3.8, 4) is 17.3 Å². The zero-order chi connectivity index (χ0) is 24.5. The van der Waals surface area contributed by atoms with Gasteiger partial charge in [-0.15, -0.1) is 6.58 Å². The maximum absolute atomic E-state index is 13.5. The lowest BCUT2D eigenvalue weighted by molar-refractivity contribution is 0.0176. The van der Waals surface area contributed by atoms with Crippen LogP contribution >= 0.6 is 0 Å². The highest BCUT2D eigenvalue weighted by Crippen LogP contribution is 2.32. The first-order chi connectivity index (χ1) is 16.4. The lowest BCUT2D eigenvalue weighted by atomic mass is 10.1. The third kappa shape index (κ3) is 6.76. The Balaban J connectivity index is 1.97. The summed E-state index contributed by atoms with van der Waals surface area (Å²) < 4.78 is 27.0. The molecule has 0 fully saturated rings. The molecular formula is C27H34FN3O3. The predicted molar refractivity (Wildman–Crippen MR) is 132 cm³/mol. The van der Waals surface area contributed by atoms with Crippen LogP contribution in [0.2, 0.25) is 0 Å². The molecule has 0 aliphatic carbocycles. The maximum atomic E-state index is 13.5. The third-order valence-electron chi connectivity index (χ3n) is 5.47. The fraction of sp³-hybridized carbons (Fsp3) is 0.370. The van der Waals surface area contributed by atoms with Crippen LogP contribution in [0.4, 0.5) is 4.39 Å². The molecule has 7 heteroatoms. The normalized spacial score (nSPS) is 12.3. The highest BCUT2D eigenvalue weighted by molar-refractivity contribution is 5.43. The van der Waals surface area contributed by atoms with Crippen molar-refractivity contribution in [2.75, 3.05) is 19.8 Å². The van der Waals surface area contributed by atoms with Gasteiger partial charge in [-0.3, -0.25) is 4.90 Å². The zero-order valence-electron chi connectivity index (χ0n) is 20.2. The summed E-state index contributed by atoms with van der Waals surface area (Å²) in [6.45, 7) is 11.5. The molecule has 0 aliphatic rings. The molecule has 6 nitrogen and oxygen atoms in total. The van der Waals surface area contributed by atoms with E-state index in [1.807, 2.05) is 30.3 Å². The van der Waals surface area contributed by atoms with Gasteiger partial charge in [-0.25, -0.2) is 9.07 Å². The van der Waals surface area contributed by atoms with Crippen LogP contribution in [0.3, 0.4) is 0 Å². The molecule has 0 amide bonds. The van der Waals surface area contributed by atoms with E-state index in [9.17, 15) is 9.50 Å². The Hall–Kier alpha value is -3.00. The number of aryl methyl sites for hydroxylation is 1. The van der Waals surface area contributed by atoms with Crippen LogP contribution in [0.1, 0.15) is 32.0 Å². The van der Waals surface area contributed by atoms with E-state index < -0.39 is 6.10 Å². The molecule has 3 aromatic rings. The number of rotatable bonds is 13. The van der Waals surface area contributed by atoms with Crippen molar-refractivity contribution < 1.29 is 19.0 Å². The SMILES string of the molecule is C=CCOC[C@H](O)CN(Cc1c(CC)nn(-c2ccccc2)c1Oc1ccc(F)cc1)C(C)C. The lowest BCUT2D eigenvalue weighted by Gasteiger charge is -2.29. The fourth-order valence-corrected chi connectivity index (χ4v) is 3.66. The summed E-state index contributed by atoms with van der Waals surface area (Å²) in [5.74, 6) is 0.783. The highest BCUT2D eigenvalue weighted by atomic mass is 19.1. The predicted octanol–water partition coefficient (Wildman–Crippen LogP) is 5.14. The van der Waals surface area contributed by atoms with Crippen LogP contribution in [-0.2, 0) is 17.7 Å². The monoisotopic (exact) mass is 467 g/mol. The second-order valence-corrected chi connectivity index (χ2v) is 8.39. The largest absolute Gasteiger partial charge is 0.439 e. The Labute approximate surface area is 201 Å². The Morgan fingerprint density at radius 3 is 2.47 bits per heavy atom. The molecule has 0 saturated heterocycles. The first-order valence-electron chi connectivity index (χ1n) is 11.6. The number of aliphatic hydroxyl groups excluding tert-OH is 1. The highest BCUT2D eigenvalue weighted by Gasteiger charge is 2.25. The molecule has 1 N–H and O–H groups in total. The molecule has 0 radical (unpaired) electrons. The minimum absolute atomic E-state index is 0.164. The van der Waals surface area contributed by atoms with Gasteiger partial charge in [0.2, 0.25) is 5.88 Å². The number of aliphatic hydroxyl groups is 1. The van der Waals surface area contributed by atoms with Gasteiger partial charge in [0.1, 0.15) is 11.6 Å². The van der Waals surface area contributed by atoms with Crippen molar-refractivity contribution in [1.29, 1.82) is 0 Å². The molecule has 182 valence electrons. The first-order valence-corrected chi connectivity index (χ1v) is 11.6. The number of hydrogen-bond acceptors (Lipinski definition) is 5. The first kappa shape index (κ1) is 25.6. The van der Waals surface area contributed by atoms with Gasteiger partial charge < -0.3 is 14.6 Å². The second-order valence-electron chi connectivity index (χ2n) is 8.39. The van der Waals surface area contributed by atoms with Gasteiger partial charge in [-0.1, -0.05) is 31.2 Å². The third-order valence-corrected chi connectivity index (χ3v) is 5.47. The van der Waals surface area contributed by atoms with E-state index in [1.54, 1.807) is 22.9 Å². The van der Waals surface area contributed by atoms with Crippen molar-refractivity contribution in [3.05, 3.63) is 84.3 Å². The molecule has 0 saturated carbocycles. The molecule has 1 atom stereocenters. The van der Waals surface area contributed by atoms with E-state index in [0.29, 0.717) is 37.7 Å². The minimum Gasteiger partial charge on any atom is -0.439 e. The van der Waals surface area contributed by atoms with Gasteiger partial charge in [0.25, 0.3) is 0 Å². The average Bonchev–Trinajstić information content (AvgIpc) is 3.17. The topological polar surface area (TPSA) is 59.8 Å². The molecule has 1 heterocycles. The molecule has 0 unspecified atom stereocenters. The summed E-state index contributed by atoms with van der Waals surface area (Å²) in [6.07, 6.45) is 1.74. The molecule has 34 heavy (non-hydrogen) atoms. The smallest absolute Gasteiger partial charge is 0.227 e. The Morgan fingerprint density at radius 1 is 1.15 bits per heavy atom. The van der Waals surface area contributed by atoms with E-state index in [0.717, 1.165) is 16.9 Å². The van der Waals surface area contributed by atoms with Crippen LogP contribution in [0.25, 0.3) is 5.69 Å². The van der Waals surface area contributed by atoms with Gasteiger partial charge >= 0.3 is 0 Å².